The Labute approximate surface area is 465 Å². The minimum absolute atomic E-state index is 0.554. The van der Waals surface area contributed by atoms with E-state index in [-0.39, 0.29) is 0 Å². The van der Waals surface area contributed by atoms with Crippen molar-refractivity contribution in [2.45, 2.75) is 0 Å². The SMILES string of the molecule is N#Cc1ccc2c(c1)c1cc(C#N)ccc1n2-c1ccc2c(c1)c1cc(-n3c4ccccc4c4ccccc43)ccc1n2-c1ccc(-c2ccc(-c3ccc(-c4cc(-c5ccccc5)nc(-c5ccccc5)n4)cc3)cc2)c(C#N)c1. The van der Waals surface area contributed by atoms with E-state index in [9.17, 15) is 15.8 Å². The lowest BCUT2D eigenvalue weighted by Crippen LogP contribution is -1.98. The van der Waals surface area contributed by atoms with Gasteiger partial charge in [-0.25, -0.2) is 9.97 Å². The minimum Gasteiger partial charge on any atom is -0.309 e. The van der Waals surface area contributed by atoms with E-state index in [1.54, 1.807) is 0 Å². The van der Waals surface area contributed by atoms with Gasteiger partial charge in [0, 0.05) is 66.1 Å². The largest absolute Gasteiger partial charge is 0.309 e. The van der Waals surface area contributed by atoms with Crippen LogP contribution in [0.25, 0.3) is 139 Å². The van der Waals surface area contributed by atoms with Crippen molar-refractivity contribution in [3.63, 3.8) is 0 Å². The van der Waals surface area contributed by atoms with E-state index in [2.05, 4.69) is 196 Å². The van der Waals surface area contributed by atoms with Gasteiger partial charge in [0.1, 0.15) is 0 Å². The molecule has 15 rings (SSSR count). The summed E-state index contributed by atoms with van der Waals surface area (Å²) in [6.45, 7) is 0. The van der Waals surface area contributed by atoms with Gasteiger partial charge in [0.2, 0.25) is 0 Å². The standard InChI is InChI=1S/C73H42N8/c74-43-46-19-33-69-61(37-46)62-38-47(44-75)20-34-70(62)81(69)57-31-36-72-64(41-57)63-40-56(80-67-17-9-7-15-59(67)60-16-8-10-18-68(60)80)30-35-71(63)79(72)55-29-32-58(54(39-55)45-76)50-25-21-48(22-26-50)49-23-27-52(28-24-49)66-42-65(51-11-3-1-4-12-51)77-73(78-66)53-13-5-2-6-14-53/h1-42H. The minimum atomic E-state index is 0.554. The predicted molar refractivity (Wildman–Crippen MR) is 326 cm³/mol. The maximum Gasteiger partial charge on any atom is 0.160 e. The van der Waals surface area contributed by atoms with E-state index in [0.717, 1.165) is 122 Å². The number of para-hydroxylation sites is 2. The summed E-state index contributed by atoms with van der Waals surface area (Å²) in [5.41, 5.74) is 19.2. The molecule has 0 fully saturated rings. The van der Waals surface area contributed by atoms with Crippen molar-refractivity contribution in [1.29, 1.82) is 15.8 Å². The Morgan fingerprint density at radius 3 is 1.15 bits per heavy atom. The van der Waals surface area contributed by atoms with Crippen LogP contribution in [0.3, 0.4) is 0 Å². The summed E-state index contributed by atoms with van der Waals surface area (Å²) in [6.07, 6.45) is 0. The normalized spacial score (nSPS) is 11.4. The molecule has 0 amide bonds. The van der Waals surface area contributed by atoms with Crippen LogP contribution in [-0.2, 0) is 0 Å². The summed E-state index contributed by atoms with van der Waals surface area (Å²) < 4.78 is 6.83. The zero-order valence-electron chi connectivity index (χ0n) is 43.3. The average Bonchev–Trinajstić information content (AvgIpc) is 4.03. The number of aromatic nitrogens is 5. The van der Waals surface area contributed by atoms with E-state index >= 15 is 0 Å². The van der Waals surface area contributed by atoms with E-state index < -0.39 is 0 Å². The fourth-order valence-corrected chi connectivity index (χ4v) is 12.0. The molecule has 0 radical (unpaired) electrons. The van der Waals surface area contributed by atoms with Gasteiger partial charge < -0.3 is 13.7 Å². The molecule has 4 aromatic heterocycles. The summed E-state index contributed by atoms with van der Waals surface area (Å²) in [5, 5.41) is 37.0. The number of fused-ring (bicyclic) bond motifs is 9. The fraction of sp³-hybridized carbons (Fsp3) is 0. The Morgan fingerprint density at radius 1 is 0.272 bits per heavy atom. The van der Waals surface area contributed by atoms with Gasteiger partial charge in [-0.3, -0.25) is 0 Å². The lowest BCUT2D eigenvalue weighted by molar-refractivity contribution is 1.16. The molecule has 0 aliphatic rings. The van der Waals surface area contributed by atoms with Gasteiger partial charge in [-0.05, 0) is 125 Å². The third-order valence-corrected chi connectivity index (χ3v) is 15.8. The lowest BCUT2D eigenvalue weighted by Gasteiger charge is -2.13. The van der Waals surface area contributed by atoms with Gasteiger partial charge in [-0.15, -0.1) is 0 Å². The molecule has 374 valence electrons. The van der Waals surface area contributed by atoms with Crippen molar-refractivity contribution in [3.05, 3.63) is 271 Å². The molecule has 8 nitrogen and oxygen atoms in total. The summed E-state index contributed by atoms with van der Waals surface area (Å²) in [6, 6.07) is 94.4. The van der Waals surface area contributed by atoms with Crippen molar-refractivity contribution in [3.8, 4) is 91.4 Å². The maximum absolute atomic E-state index is 10.9. The second-order valence-electron chi connectivity index (χ2n) is 20.3. The van der Waals surface area contributed by atoms with Gasteiger partial charge >= 0.3 is 0 Å². The van der Waals surface area contributed by atoms with Crippen LogP contribution in [0.5, 0.6) is 0 Å². The molecule has 81 heavy (non-hydrogen) atoms. The van der Waals surface area contributed by atoms with Gasteiger partial charge in [-0.1, -0.05) is 152 Å². The van der Waals surface area contributed by atoms with Crippen molar-refractivity contribution in [2.75, 3.05) is 0 Å². The third kappa shape index (κ3) is 7.73. The second-order valence-corrected chi connectivity index (χ2v) is 20.3. The second kappa shape index (κ2) is 18.8. The van der Waals surface area contributed by atoms with Crippen molar-refractivity contribution < 1.29 is 0 Å². The van der Waals surface area contributed by atoms with Crippen LogP contribution in [0.2, 0.25) is 0 Å². The van der Waals surface area contributed by atoms with Gasteiger partial charge in [0.05, 0.1) is 79.4 Å². The third-order valence-electron chi connectivity index (χ3n) is 15.8. The van der Waals surface area contributed by atoms with Crippen LogP contribution >= 0.6 is 0 Å². The Bertz CT molecular complexity index is 5000. The molecule has 0 saturated carbocycles. The molecular formula is C73H42N8. The fourth-order valence-electron chi connectivity index (χ4n) is 12.0. The molecule has 0 bridgehead atoms. The molecule has 0 aliphatic carbocycles. The molecule has 11 aromatic carbocycles. The summed E-state index contributed by atoms with van der Waals surface area (Å²) >= 11 is 0. The highest BCUT2D eigenvalue weighted by Gasteiger charge is 2.21. The number of nitriles is 3. The number of nitrogens with zero attached hydrogens (tertiary/aromatic N) is 8. The molecule has 4 heterocycles. The number of hydrogen-bond donors (Lipinski definition) is 0. The number of benzene rings is 11. The summed E-state index contributed by atoms with van der Waals surface area (Å²) in [7, 11) is 0. The molecular weight excluding hydrogens is 989 g/mol. The van der Waals surface area contributed by atoms with Crippen LogP contribution in [0, 0.1) is 34.0 Å². The van der Waals surface area contributed by atoms with Gasteiger partial charge in [-0.2, -0.15) is 15.8 Å². The highest BCUT2D eigenvalue weighted by atomic mass is 15.0. The molecule has 0 spiro atoms. The summed E-state index contributed by atoms with van der Waals surface area (Å²) in [4.78, 5) is 10.00. The van der Waals surface area contributed by atoms with Crippen molar-refractivity contribution in [1.82, 2.24) is 23.7 Å². The van der Waals surface area contributed by atoms with Crippen LogP contribution < -0.4 is 0 Å². The maximum atomic E-state index is 10.9. The monoisotopic (exact) mass is 1030 g/mol. The highest BCUT2D eigenvalue weighted by Crippen LogP contribution is 2.41. The Hall–Kier alpha value is -11.6. The van der Waals surface area contributed by atoms with Crippen LogP contribution in [0.1, 0.15) is 16.7 Å². The van der Waals surface area contributed by atoms with Gasteiger partial charge in [0.25, 0.3) is 0 Å². The Morgan fingerprint density at radius 2 is 0.654 bits per heavy atom. The first-order valence-electron chi connectivity index (χ1n) is 26.7. The zero-order valence-corrected chi connectivity index (χ0v) is 43.3. The van der Waals surface area contributed by atoms with Gasteiger partial charge in [0.15, 0.2) is 5.82 Å². The molecule has 0 unspecified atom stereocenters. The van der Waals surface area contributed by atoms with Crippen LogP contribution in [0.15, 0.2) is 255 Å². The van der Waals surface area contributed by atoms with Crippen molar-refractivity contribution >= 4 is 65.4 Å². The summed E-state index contributed by atoms with van der Waals surface area (Å²) in [5.74, 6) is 0.678. The first-order valence-corrected chi connectivity index (χ1v) is 26.7. The Balaban J connectivity index is 0.823. The molecule has 15 aromatic rings. The molecule has 0 aliphatic heterocycles. The van der Waals surface area contributed by atoms with E-state index in [1.165, 1.54) is 10.8 Å². The van der Waals surface area contributed by atoms with Crippen LogP contribution in [0.4, 0.5) is 0 Å². The quantitative estimate of drug-likeness (QED) is 0.150. The van der Waals surface area contributed by atoms with Crippen molar-refractivity contribution in [2.24, 2.45) is 0 Å². The van der Waals surface area contributed by atoms with E-state index in [1.807, 2.05) is 91.0 Å². The first-order chi connectivity index (χ1) is 40.0. The number of rotatable bonds is 8. The first kappa shape index (κ1) is 46.7. The molecule has 0 atom stereocenters. The van der Waals surface area contributed by atoms with E-state index in [4.69, 9.17) is 9.97 Å². The molecule has 0 saturated heterocycles. The zero-order chi connectivity index (χ0) is 54.1. The van der Waals surface area contributed by atoms with E-state index in [0.29, 0.717) is 22.5 Å². The average molecular weight is 1030 g/mol. The number of hydrogen-bond acceptors (Lipinski definition) is 5. The van der Waals surface area contributed by atoms with Crippen LogP contribution in [-0.4, -0.2) is 23.7 Å². The Kier molecular flexibility index (Phi) is 10.8. The smallest absolute Gasteiger partial charge is 0.160 e. The molecule has 8 heteroatoms. The lowest BCUT2D eigenvalue weighted by atomic mass is 9.96. The predicted octanol–water partition coefficient (Wildman–Crippen LogP) is 17.7. The highest BCUT2D eigenvalue weighted by molar-refractivity contribution is 6.14. The topological polar surface area (TPSA) is 112 Å². The molecule has 0 N–H and O–H groups in total.